The average Bonchev–Trinajstić information content (AvgIpc) is 3.42. The molecule has 0 bridgehead atoms. The van der Waals surface area contributed by atoms with E-state index in [-0.39, 0.29) is 29.0 Å². The second kappa shape index (κ2) is 7.58. The number of hydrogen-bond acceptors (Lipinski definition) is 3. The maximum atomic E-state index is 12.3. The Balaban J connectivity index is 1.59. The second-order valence-corrected chi connectivity index (χ2v) is 7.70. The molecule has 3 N–H and O–H groups in total. The summed E-state index contributed by atoms with van der Waals surface area (Å²) in [6.45, 7) is 0.319. The van der Waals surface area contributed by atoms with E-state index in [9.17, 15) is 14.7 Å². The SMILES string of the molecule is O=C(NCc1ccc(NC(=O)C2CC2)cc1)c1cc(Br)cc(Br)c1O. The van der Waals surface area contributed by atoms with Gasteiger partial charge in [-0.05, 0) is 58.6 Å². The molecule has 0 saturated heterocycles. The van der Waals surface area contributed by atoms with Crippen LogP contribution in [0.1, 0.15) is 28.8 Å². The van der Waals surface area contributed by atoms with Crippen LogP contribution in [0.25, 0.3) is 0 Å². The predicted octanol–water partition coefficient (Wildman–Crippen LogP) is 4.20. The molecule has 0 unspecified atom stereocenters. The average molecular weight is 468 g/mol. The molecule has 2 aromatic carbocycles. The molecule has 25 heavy (non-hydrogen) atoms. The van der Waals surface area contributed by atoms with E-state index in [0.29, 0.717) is 15.5 Å². The molecule has 2 aromatic rings. The van der Waals surface area contributed by atoms with Gasteiger partial charge in [0.2, 0.25) is 5.91 Å². The quantitative estimate of drug-likeness (QED) is 0.616. The van der Waals surface area contributed by atoms with Crippen molar-refractivity contribution >= 4 is 49.4 Å². The van der Waals surface area contributed by atoms with Crippen molar-refractivity contribution in [3.63, 3.8) is 0 Å². The summed E-state index contributed by atoms with van der Waals surface area (Å²) in [7, 11) is 0. The second-order valence-electron chi connectivity index (χ2n) is 5.93. The van der Waals surface area contributed by atoms with Gasteiger partial charge in [0, 0.05) is 22.6 Å². The van der Waals surface area contributed by atoms with Crippen LogP contribution < -0.4 is 10.6 Å². The van der Waals surface area contributed by atoms with Gasteiger partial charge >= 0.3 is 0 Å². The standard InChI is InChI=1S/C18H16Br2N2O3/c19-12-7-14(16(23)15(20)8-12)18(25)21-9-10-1-5-13(6-2-10)22-17(24)11-3-4-11/h1-2,5-8,11,23H,3-4,9H2,(H,21,25)(H,22,24). The summed E-state index contributed by atoms with van der Waals surface area (Å²) in [4.78, 5) is 24.0. The minimum Gasteiger partial charge on any atom is -0.506 e. The molecular formula is C18H16Br2N2O3. The first kappa shape index (κ1) is 17.9. The zero-order valence-corrected chi connectivity index (χ0v) is 16.4. The van der Waals surface area contributed by atoms with Crippen LogP contribution in [0.15, 0.2) is 45.3 Å². The van der Waals surface area contributed by atoms with Crippen LogP contribution >= 0.6 is 31.9 Å². The van der Waals surface area contributed by atoms with Gasteiger partial charge in [0.1, 0.15) is 5.75 Å². The lowest BCUT2D eigenvalue weighted by atomic mass is 10.1. The molecule has 5 nitrogen and oxygen atoms in total. The number of carbonyl (C=O) groups is 2. The number of benzene rings is 2. The van der Waals surface area contributed by atoms with Crippen LogP contribution in [-0.4, -0.2) is 16.9 Å². The molecule has 1 aliphatic carbocycles. The monoisotopic (exact) mass is 466 g/mol. The minimum atomic E-state index is -0.370. The van der Waals surface area contributed by atoms with Gasteiger partial charge in [-0.3, -0.25) is 9.59 Å². The molecule has 130 valence electrons. The van der Waals surface area contributed by atoms with E-state index in [1.807, 2.05) is 24.3 Å². The minimum absolute atomic E-state index is 0.0664. The number of rotatable bonds is 5. The van der Waals surface area contributed by atoms with Crippen LogP contribution in [0.5, 0.6) is 5.75 Å². The molecule has 2 amide bonds. The summed E-state index contributed by atoms with van der Waals surface area (Å²) in [5.41, 5.74) is 1.83. The van der Waals surface area contributed by atoms with Crippen molar-refractivity contribution in [2.24, 2.45) is 5.92 Å². The van der Waals surface area contributed by atoms with E-state index < -0.39 is 0 Å². The number of hydrogen-bond donors (Lipinski definition) is 3. The highest BCUT2D eigenvalue weighted by molar-refractivity contribution is 9.11. The first-order valence-corrected chi connectivity index (χ1v) is 9.38. The third-order valence-corrected chi connectivity index (χ3v) is 4.96. The lowest BCUT2D eigenvalue weighted by molar-refractivity contribution is -0.117. The summed E-state index contributed by atoms with van der Waals surface area (Å²) in [6, 6.07) is 10.6. The van der Waals surface area contributed by atoms with Crippen molar-refractivity contribution in [1.82, 2.24) is 5.32 Å². The predicted molar refractivity (Wildman–Crippen MR) is 102 cm³/mol. The van der Waals surface area contributed by atoms with E-state index in [4.69, 9.17) is 0 Å². The molecule has 0 aromatic heterocycles. The van der Waals surface area contributed by atoms with E-state index >= 15 is 0 Å². The van der Waals surface area contributed by atoms with Gasteiger partial charge in [-0.1, -0.05) is 28.1 Å². The van der Waals surface area contributed by atoms with Crippen molar-refractivity contribution in [3.05, 3.63) is 56.5 Å². The Kier molecular flexibility index (Phi) is 5.44. The van der Waals surface area contributed by atoms with E-state index in [0.717, 1.165) is 24.1 Å². The van der Waals surface area contributed by atoms with Crippen molar-refractivity contribution in [2.45, 2.75) is 19.4 Å². The normalized spacial score (nSPS) is 13.4. The van der Waals surface area contributed by atoms with Crippen LogP contribution in [0.3, 0.4) is 0 Å². The Hall–Kier alpha value is -1.86. The van der Waals surface area contributed by atoms with E-state index in [2.05, 4.69) is 42.5 Å². The Morgan fingerprint density at radius 1 is 1.12 bits per heavy atom. The zero-order valence-electron chi connectivity index (χ0n) is 13.2. The Morgan fingerprint density at radius 2 is 1.80 bits per heavy atom. The van der Waals surface area contributed by atoms with Gasteiger partial charge in [-0.25, -0.2) is 0 Å². The fourth-order valence-corrected chi connectivity index (χ4v) is 3.54. The highest BCUT2D eigenvalue weighted by Crippen LogP contribution is 2.32. The topological polar surface area (TPSA) is 78.4 Å². The fourth-order valence-electron chi connectivity index (χ4n) is 2.31. The van der Waals surface area contributed by atoms with Crippen LogP contribution in [0, 0.1) is 5.92 Å². The number of amides is 2. The number of carbonyl (C=O) groups excluding carboxylic acids is 2. The van der Waals surface area contributed by atoms with Gasteiger partial charge in [-0.15, -0.1) is 0 Å². The number of anilines is 1. The van der Waals surface area contributed by atoms with Crippen LogP contribution in [-0.2, 0) is 11.3 Å². The molecule has 0 radical (unpaired) electrons. The summed E-state index contributed by atoms with van der Waals surface area (Å²) in [6.07, 6.45) is 1.93. The third kappa shape index (κ3) is 4.61. The van der Waals surface area contributed by atoms with Crippen LogP contribution in [0.2, 0.25) is 0 Å². The number of aromatic hydroxyl groups is 1. The lowest BCUT2D eigenvalue weighted by Gasteiger charge is -2.10. The van der Waals surface area contributed by atoms with E-state index in [1.165, 1.54) is 0 Å². The number of phenolic OH excluding ortho intramolecular Hbond substituents is 1. The highest BCUT2D eigenvalue weighted by Gasteiger charge is 2.29. The van der Waals surface area contributed by atoms with Gasteiger partial charge in [0.05, 0.1) is 10.0 Å². The van der Waals surface area contributed by atoms with Crippen molar-refractivity contribution in [1.29, 1.82) is 0 Å². The Morgan fingerprint density at radius 3 is 2.44 bits per heavy atom. The fraction of sp³-hybridized carbons (Fsp3) is 0.222. The molecule has 0 spiro atoms. The summed E-state index contributed by atoms with van der Waals surface area (Å²) >= 11 is 6.51. The number of phenols is 1. The smallest absolute Gasteiger partial charge is 0.255 e. The lowest BCUT2D eigenvalue weighted by Crippen LogP contribution is -2.23. The summed E-state index contributed by atoms with van der Waals surface area (Å²) < 4.78 is 1.14. The molecule has 1 aliphatic rings. The molecular weight excluding hydrogens is 452 g/mol. The maximum Gasteiger partial charge on any atom is 0.255 e. The number of nitrogens with one attached hydrogen (secondary N) is 2. The molecule has 1 saturated carbocycles. The molecule has 3 rings (SSSR count). The van der Waals surface area contributed by atoms with Crippen molar-refractivity contribution in [3.8, 4) is 5.75 Å². The van der Waals surface area contributed by atoms with Crippen molar-refractivity contribution in [2.75, 3.05) is 5.32 Å². The molecule has 1 fully saturated rings. The number of halogens is 2. The molecule has 7 heteroatoms. The third-order valence-electron chi connectivity index (χ3n) is 3.90. The Bertz CT molecular complexity index is 818. The Labute approximate surface area is 162 Å². The largest absolute Gasteiger partial charge is 0.506 e. The van der Waals surface area contributed by atoms with Crippen molar-refractivity contribution < 1.29 is 14.7 Å². The summed E-state index contributed by atoms with van der Waals surface area (Å²) in [5, 5.41) is 15.6. The molecule has 0 atom stereocenters. The molecule has 0 heterocycles. The van der Waals surface area contributed by atoms with Gasteiger partial charge in [0.25, 0.3) is 5.91 Å². The van der Waals surface area contributed by atoms with E-state index in [1.54, 1.807) is 12.1 Å². The van der Waals surface area contributed by atoms with Crippen LogP contribution in [0.4, 0.5) is 5.69 Å². The van der Waals surface area contributed by atoms with Gasteiger partial charge in [0.15, 0.2) is 0 Å². The first-order valence-electron chi connectivity index (χ1n) is 7.80. The van der Waals surface area contributed by atoms with Gasteiger partial charge < -0.3 is 15.7 Å². The maximum absolute atomic E-state index is 12.3. The first-order chi connectivity index (χ1) is 11.9. The highest BCUT2D eigenvalue weighted by atomic mass is 79.9. The molecule has 0 aliphatic heterocycles. The van der Waals surface area contributed by atoms with Gasteiger partial charge in [-0.2, -0.15) is 0 Å². The summed E-state index contributed by atoms with van der Waals surface area (Å²) in [5.74, 6) is -0.239. The zero-order chi connectivity index (χ0) is 18.0.